The number of carbonyl (C=O) groups excluding carboxylic acids is 1. The first-order valence-electron chi connectivity index (χ1n) is 7.49. The maximum Gasteiger partial charge on any atom is 0.234 e. The Morgan fingerprint density at radius 2 is 1.90 bits per heavy atom. The molecule has 1 aromatic heterocycles. The molecule has 0 bridgehead atoms. The fraction of sp³-hybridized carbons (Fsp3) is 0.750. The lowest BCUT2D eigenvalue weighted by Crippen LogP contribution is -2.45. The molecule has 1 aromatic rings. The van der Waals surface area contributed by atoms with Crippen molar-refractivity contribution in [3.8, 4) is 0 Å². The fourth-order valence-electron chi connectivity index (χ4n) is 1.89. The van der Waals surface area contributed by atoms with Gasteiger partial charge in [-0.05, 0) is 27.3 Å². The molecular weight excluding hydrogens is 282 g/mol. The molecule has 0 aromatic carbocycles. The van der Waals surface area contributed by atoms with Gasteiger partial charge in [0.1, 0.15) is 0 Å². The zero-order valence-electron chi connectivity index (χ0n) is 14.4. The Morgan fingerprint density at radius 3 is 2.33 bits per heavy atom. The summed E-state index contributed by atoms with van der Waals surface area (Å²) < 4.78 is 0. The van der Waals surface area contributed by atoms with Crippen LogP contribution in [-0.2, 0) is 16.8 Å². The molecule has 1 heterocycles. The summed E-state index contributed by atoms with van der Waals surface area (Å²) in [5, 5.41) is 6.25. The van der Waals surface area contributed by atoms with Crippen molar-refractivity contribution >= 4 is 17.2 Å². The monoisotopic (exact) mass is 311 g/mol. The van der Waals surface area contributed by atoms with E-state index in [4.69, 9.17) is 4.98 Å². The number of nitrogens with zero attached hydrogens (tertiary/aromatic N) is 2. The molecular formula is C16H29N3OS. The van der Waals surface area contributed by atoms with Crippen molar-refractivity contribution in [1.29, 1.82) is 0 Å². The minimum atomic E-state index is -0.184. The van der Waals surface area contributed by atoms with Crippen LogP contribution in [0.25, 0.3) is 0 Å². The van der Waals surface area contributed by atoms with Gasteiger partial charge in [-0.2, -0.15) is 0 Å². The van der Waals surface area contributed by atoms with Gasteiger partial charge in [0.2, 0.25) is 5.91 Å². The molecule has 0 aliphatic rings. The summed E-state index contributed by atoms with van der Waals surface area (Å²) in [6.07, 6.45) is 0. The van der Waals surface area contributed by atoms with Gasteiger partial charge in [0.05, 0.1) is 17.2 Å². The minimum absolute atomic E-state index is 0.0654. The van der Waals surface area contributed by atoms with E-state index < -0.39 is 0 Å². The average Bonchev–Trinajstić information content (AvgIpc) is 2.73. The van der Waals surface area contributed by atoms with E-state index in [2.05, 4.69) is 43.3 Å². The van der Waals surface area contributed by atoms with Crippen LogP contribution in [0, 0.1) is 0 Å². The summed E-state index contributed by atoms with van der Waals surface area (Å²) in [7, 11) is 0. The SMILES string of the molecule is CCN(CC(=O)NC(C)(C)C)Cc1csc(C(C)(C)C)n1. The highest BCUT2D eigenvalue weighted by molar-refractivity contribution is 7.09. The number of carbonyl (C=O) groups is 1. The van der Waals surface area contributed by atoms with E-state index in [1.807, 2.05) is 20.8 Å². The molecule has 0 unspecified atom stereocenters. The van der Waals surface area contributed by atoms with E-state index in [-0.39, 0.29) is 16.9 Å². The predicted molar refractivity (Wildman–Crippen MR) is 89.7 cm³/mol. The number of thiazole rings is 1. The molecule has 5 heteroatoms. The molecule has 1 N–H and O–H groups in total. The van der Waals surface area contributed by atoms with Crippen LogP contribution < -0.4 is 5.32 Å². The van der Waals surface area contributed by atoms with Crippen LogP contribution in [0.1, 0.15) is 59.2 Å². The van der Waals surface area contributed by atoms with Crippen molar-refractivity contribution in [2.75, 3.05) is 13.1 Å². The smallest absolute Gasteiger partial charge is 0.234 e. The molecule has 0 atom stereocenters. The van der Waals surface area contributed by atoms with Crippen LogP contribution in [0.3, 0.4) is 0 Å². The third-order valence-electron chi connectivity index (χ3n) is 2.91. The Bertz CT molecular complexity index is 469. The molecule has 0 fully saturated rings. The Hall–Kier alpha value is -0.940. The molecule has 0 saturated carbocycles. The number of aromatic nitrogens is 1. The molecule has 0 aliphatic heterocycles. The first kappa shape index (κ1) is 18.1. The second kappa shape index (κ2) is 6.88. The molecule has 1 amide bonds. The van der Waals surface area contributed by atoms with Crippen LogP contribution in [0.4, 0.5) is 0 Å². The predicted octanol–water partition coefficient (Wildman–Crippen LogP) is 3.18. The summed E-state index contributed by atoms with van der Waals surface area (Å²) in [5.74, 6) is 0.0654. The first-order valence-corrected chi connectivity index (χ1v) is 8.37. The van der Waals surface area contributed by atoms with E-state index in [0.717, 1.165) is 23.8 Å². The first-order chi connectivity index (χ1) is 9.51. The number of amides is 1. The molecule has 0 saturated heterocycles. The van der Waals surface area contributed by atoms with Crippen molar-refractivity contribution in [1.82, 2.24) is 15.2 Å². The Morgan fingerprint density at radius 1 is 1.29 bits per heavy atom. The van der Waals surface area contributed by atoms with Gasteiger partial charge in [-0.15, -0.1) is 11.3 Å². The van der Waals surface area contributed by atoms with E-state index >= 15 is 0 Å². The molecule has 21 heavy (non-hydrogen) atoms. The summed E-state index contributed by atoms with van der Waals surface area (Å²) in [4.78, 5) is 18.8. The van der Waals surface area contributed by atoms with Gasteiger partial charge >= 0.3 is 0 Å². The lowest BCUT2D eigenvalue weighted by Gasteiger charge is -2.24. The van der Waals surface area contributed by atoms with Gasteiger partial charge in [0.15, 0.2) is 0 Å². The summed E-state index contributed by atoms with van der Waals surface area (Å²) >= 11 is 1.70. The third kappa shape index (κ3) is 6.57. The van der Waals surface area contributed by atoms with Crippen molar-refractivity contribution in [2.24, 2.45) is 0 Å². The molecule has 1 rings (SSSR count). The average molecular weight is 311 g/mol. The molecule has 0 spiro atoms. The Labute approximate surface area is 133 Å². The van der Waals surface area contributed by atoms with Crippen LogP contribution in [0.15, 0.2) is 5.38 Å². The van der Waals surface area contributed by atoms with Gasteiger partial charge < -0.3 is 5.32 Å². The Kier molecular flexibility index (Phi) is 5.93. The maximum absolute atomic E-state index is 12.0. The minimum Gasteiger partial charge on any atom is -0.350 e. The highest BCUT2D eigenvalue weighted by Crippen LogP contribution is 2.25. The van der Waals surface area contributed by atoms with Crippen molar-refractivity contribution in [3.63, 3.8) is 0 Å². The highest BCUT2D eigenvalue weighted by atomic mass is 32.1. The van der Waals surface area contributed by atoms with Crippen molar-refractivity contribution in [2.45, 2.75) is 66.0 Å². The van der Waals surface area contributed by atoms with Crippen LogP contribution >= 0.6 is 11.3 Å². The number of rotatable bonds is 5. The topological polar surface area (TPSA) is 45.2 Å². The molecule has 4 nitrogen and oxygen atoms in total. The molecule has 0 aliphatic carbocycles. The molecule has 0 radical (unpaired) electrons. The van der Waals surface area contributed by atoms with Gasteiger partial charge in [-0.1, -0.05) is 27.7 Å². The van der Waals surface area contributed by atoms with Gasteiger partial charge in [0.25, 0.3) is 0 Å². The van der Waals surface area contributed by atoms with E-state index in [0.29, 0.717) is 6.54 Å². The van der Waals surface area contributed by atoms with Gasteiger partial charge in [-0.3, -0.25) is 9.69 Å². The normalized spacial score (nSPS) is 12.8. The maximum atomic E-state index is 12.0. The molecule has 120 valence electrons. The summed E-state index contributed by atoms with van der Waals surface area (Å²) in [5.41, 5.74) is 0.954. The van der Waals surface area contributed by atoms with Crippen LogP contribution in [0.5, 0.6) is 0 Å². The summed E-state index contributed by atoms with van der Waals surface area (Å²) in [6.45, 7) is 16.5. The van der Waals surface area contributed by atoms with E-state index in [1.54, 1.807) is 11.3 Å². The lowest BCUT2D eigenvalue weighted by molar-refractivity contribution is -0.123. The van der Waals surface area contributed by atoms with E-state index in [1.165, 1.54) is 0 Å². The Balaban J connectivity index is 2.62. The highest BCUT2D eigenvalue weighted by Gasteiger charge is 2.20. The van der Waals surface area contributed by atoms with E-state index in [9.17, 15) is 4.79 Å². The summed E-state index contributed by atoms with van der Waals surface area (Å²) in [6, 6.07) is 0. The quantitative estimate of drug-likeness (QED) is 0.908. The lowest BCUT2D eigenvalue weighted by atomic mass is 9.98. The zero-order chi connectivity index (χ0) is 16.3. The zero-order valence-corrected chi connectivity index (χ0v) is 15.2. The number of likely N-dealkylation sites (N-methyl/N-ethyl adjacent to an activating group) is 1. The van der Waals surface area contributed by atoms with Crippen LogP contribution in [0.2, 0.25) is 0 Å². The van der Waals surface area contributed by atoms with Crippen molar-refractivity contribution < 1.29 is 4.79 Å². The van der Waals surface area contributed by atoms with Crippen LogP contribution in [-0.4, -0.2) is 34.4 Å². The standard InChI is InChI=1S/C16H29N3OS/c1-8-19(10-13(20)18-16(5,6)7)9-12-11-21-14(17-12)15(2,3)4/h11H,8-10H2,1-7H3,(H,18,20). The van der Waals surface area contributed by atoms with Crippen molar-refractivity contribution in [3.05, 3.63) is 16.1 Å². The van der Waals surface area contributed by atoms with Gasteiger partial charge in [-0.25, -0.2) is 4.98 Å². The third-order valence-corrected chi connectivity index (χ3v) is 4.22. The second-order valence-corrected chi connectivity index (χ2v) is 8.35. The fourth-order valence-corrected chi connectivity index (χ4v) is 2.79. The second-order valence-electron chi connectivity index (χ2n) is 7.50. The largest absolute Gasteiger partial charge is 0.350 e. The van der Waals surface area contributed by atoms with Gasteiger partial charge in [0, 0.05) is 22.9 Å². The number of hydrogen-bond donors (Lipinski definition) is 1. The number of nitrogens with one attached hydrogen (secondary N) is 1. The number of hydrogen-bond acceptors (Lipinski definition) is 4.